The first-order chi connectivity index (χ1) is 15.1. The third-order valence-corrected chi connectivity index (χ3v) is 8.93. The number of nitrogens with one attached hydrogen (secondary N) is 1. The number of fused-ring (bicyclic) bond motifs is 2. The Hall–Kier alpha value is -2.43. The number of anilines is 1. The number of amides is 1. The fourth-order valence-corrected chi connectivity index (χ4v) is 6.90. The van der Waals surface area contributed by atoms with Gasteiger partial charge in [0.1, 0.15) is 10.7 Å². The second kappa shape index (κ2) is 8.17. The average molecular weight is 469 g/mol. The molecule has 10 heteroatoms. The summed E-state index contributed by atoms with van der Waals surface area (Å²) in [5.74, 6) is -4.90. The Kier molecular flexibility index (Phi) is 5.81. The van der Waals surface area contributed by atoms with Crippen molar-refractivity contribution in [3.05, 3.63) is 59.4 Å². The Morgan fingerprint density at radius 2 is 1.62 bits per heavy atom. The molecule has 3 N–H and O–H groups in total. The standard InChI is InChI=1S/C22H22F3NO5S/c23-17-6-4-15(10-19(17)25)26-21(28)12-1-5-18(24)20(7-12)32(30,31)16-8-13-2-3-14(9-16)22(13,29)11-27/h1,4-7,10,13-14,16,27,29H,2-3,8-9,11H2,(H,26,28)/t13-,14?,16?,22?/m0/s1. The molecule has 6 nitrogen and oxygen atoms in total. The first-order valence-corrected chi connectivity index (χ1v) is 11.7. The number of hydrogen-bond donors (Lipinski definition) is 3. The van der Waals surface area contributed by atoms with Gasteiger partial charge in [0.2, 0.25) is 0 Å². The lowest BCUT2D eigenvalue weighted by molar-refractivity contribution is -0.0944. The Morgan fingerprint density at radius 1 is 1.00 bits per heavy atom. The van der Waals surface area contributed by atoms with E-state index >= 15 is 0 Å². The second-order valence-electron chi connectivity index (χ2n) is 8.49. The molecule has 0 radical (unpaired) electrons. The fraction of sp³-hybridized carbons (Fsp3) is 0.409. The van der Waals surface area contributed by atoms with E-state index < -0.39 is 67.4 Å². The van der Waals surface area contributed by atoms with Crippen molar-refractivity contribution < 1.29 is 36.6 Å². The lowest BCUT2D eigenvalue weighted by atomic mass is 9.75. The largest absolute Gasteiger partial charge is 0.393 e. The van der Waals surface area contributed by atoms with Gasteiger partial charge in [-0.2, -0.15) is 0 Å². The SMILES string of the molecule is O=C(Nc1ccc(F)c(F)c1)c1ccc(F)c(S(=O)(=O)C2CC3CC[C@@H](C2)C3(O)CO)c1. The van der Waals surface area contributed by atoms with Crippen molar-refractivity contribution in [1.82, 2.24) is 0 Å². The monoisotopic (exact) mass is 469 g/mol. The van der Waals surface area contributed by atoms with Crippen LogP contribution in [0.3, 0.4) is 0 Å². The Labute approximate surface area is 183 Å². The predicted molar refractivity (Wildman–Crippen MR) is 109 cm³/mol. The fourth-order valence-electron chi connectivity index (χ4n) is 4.94. The number of carbonyl (C=O) groups excluding carboxylic acids is 1. The normalized spacial score (nSPS) is 27.3. The van der Waals surface area contributed by atoms with Crippen LogP contribution < -0.4 is 5.32 Å². The molecular formula is C22H22F3NO5S. The molecule has 32 heavy (non-hydrogen) atoms. The number of benzene rings is 2. The minimum Gasteiger partial charge on any atom is -0.393 e. The van der Waals surface area contributed by atoms with Gasteiger partial charge in [0.15, 0.2) is 21.5 Å². The zero-order valence-electron chi connectivity index (χ0n) is 16.9. The number of hydrogen-bond acceptors (Lipinski definition) is 5. The highest BCUT2D eigenvalue weighted by atomic mass is 32.2. The smallest absolute Gasteiger partial charge is 0.255 e. The van der Waals surface area contributed by atoms with Crippen LogP contribution in [0.15, 0.2) is 41.3 Å². The highest BCUT2D eigenvalue weighted by Crippen LogP contribution is 2.51. The van der Waals surface area contributed by atoms with Crippen LogP contribution in [0.1, 0.15) is 36.0 Å². The summed E-state index contributed by atoms with van der Waals surface area (Å²) in [6, 6.07) is 5.63. The minimum absolute atomic E-state index is 0.0465. The third kappa shape index (κ3) is 3.80. The summed E-state index contributed by atoms with van der Waals surface area (Å²) >= 11 is 0. The van der Waals surface area contributed by atoms with Crippen molar-refractivity contribution in [2.75, 3.05) is 11.9 Å². The zero-order chi connectivity index (χ0) is 23.3. The summed E-state index contributed by atoms with van der Waals surface area (Å²) in [4.78, 5) is 11.9. The van der Waals surface area contributed by atoms with Crippen molar-refractivity contribution in [3.8, 4) is 0 Å². The van der Waals surface area contributed by atoms with Crippen LogP contribution in [-0.2, 0) is 9.84 Å². The molecule has 4 rings (SSSR count). The van der Waals surface area contributed by atoms with Crippen LogP contribution in [0, 0.1) is 29.3 Å². The molecule has 0 aliphatic heterocycles. The lowest BCUT2D eigenvalue weighted by Crippen LogP contribution is -2.50. The summed E-state index contributed by atoms with van der Waals surface area (Å²) < 4.78 is 67.5. The third-order valence-electron chi connectivity index (χ3n) is 6.74. The molecule has 3 unspecified atom stereocenters. The zero-order valence-corrected chi connectivity index (χ0v) is 17.7. The molecule has 2 aromatic carbocycles. The van der Waals surface area contributed by atoms with Gasteiger partial charge in [-0.3, -0.25) is 4.79 Å². The first-order valence-electron chi connectivity index (χ1n) is 10.2. The van der Waals surface area contributed by atoms with E-state index in [-0.39, 0.29) is 24.1 Å². The maximum absolute atomic E-state index is 14.5. The molecule has 2 aliphatic carbocycles. The van der Waals surface area contributed by atoms with E-state index in [1.165, 1.54) is 0 Å². The number of rotatable bonds is 5. The number of aliphatic hydroxyl groups excluding tert-OH is 1. The van der Waals surface area contributed by atoms with Gasteiger partial charge in [-0.15, -0.1) is 0 Å². The van der Waals surface area contributed by atoms with E-state index in [9.17, 15) is 36.6 Å². The van der Waals surface area contributed by atoms with Gasteiger partial charge in [-0.25, -0.2) is 21.6 Å². The molecule has 2 bridgehead atoms. The van der Waals surface area contributed by atoms with E-state index in [2.05, 4.69) is 5.32 Å². The molecule has 0 spiro atoms. The lowest BCUT2D eigenvalue weighted by Gasteiger charge is -2.41. The highest BCUT2D eigenvalue weighted by molar-refractivity contribution is 7.92. The van der Waals surface area contributed by atoms with E-state index in [1.54, 1.807) is 0 Å². The Balaban J connectivity index is 1.59. The van der Waals surface area contributed by atoms with E-state index in [0.717, 1.165) is 36.4 Å². The molecule has 1 amide bonds. The highest BCUT2D eigenvalue weighted by Gasteiger charge is 2.55. The van der Waals surface area contributed by atoms with E-state index in [0.29, 0.717) is 12.8 Å². The summed E-state index contributed by atoms with van der Waals surface area (Å²) in [7, 11) is -4.18. The first kappa shape index (κ1) is 22.8. The number of sulfone groups is 1. The van der Waals surface area contributed by atoms with Gasteiger partial charge in [0, 0.05) is 17.3 Å². The molecule has 2 aromatic rings. The Bertz CT molecular complexity index is 1160. The van der Waals surface area contributed by atoms with E-state index in [4.69, 9.17) is 0 Å². The topological polar surface area (TPSA) is 104 Å². The predicted octanol–water partition coefficient (Wildman–Crippen LogP) is 3.04. The van der Waals surface area contributed by atoms with Crippen molar-refractivity contribution in [2.45, 2.75) is 41.4 Å². The second-order valence-corrected chi connectivity index (χ2v) is 10.7. The van der Waals surface area contributed by atoms with Gasteiger partial charge in [0.25, 0.3) is 5.91 Å². The van der Waals surface area contributed by atoms with Crippen LogP contribution >= 0.6 is 0 Å². The number of carbonyl (C=O) groups is 1. The van der Waals surface area contributed by atoms with Crippen LogP contribution in [0.4, 0.5) is 18.9 Å². The maximum atomic E-state index is 14.5. The summed E-state index contributed by atoms with van der Waals surface area (Å²) in [5, 5.41) is 21.6. The Morgan fingerprint density at radius 3 is 2.22 bits per heavy atom. The molecule has 2 fully saturated rings. The van der Waals surface area contributed by atoms with Crippen LogP contribution in [0.2, 0.25) is 0 Å². The van der Waals surface area contributed by atoms with Gasteiger partial charge < -0.3 is 15.5 Å². The molecular weight excluding hydrogens is 447 g/mol. The number of halogens is 3. The van der Waals surface area contributed by atoms with Gasteiger partial charge in [-0.1, -0.05) is 0 Å². The molecule has 0 saturated heterocycles. The maximum Gasteiger partial charge on any atom is 0.255 e. The van der Waals surface area contributed by atoms with Crippen LogP contribution in [0.25, 0.3) is 0 Å². The van der Waals surface area contributed by atoms with Crippen molar-refractivity contribution >= 4 is 21.4 Å². The quantitative estimate of drug-likeness (QED) is 0.625. The summed E-state index contributed by atoms with van der Waals surface area (Å²) in [5.41, 5.74) is -1.54. The minimum atomic E-state index is -4.18. The van der Waals surface area contributed by atoms with Crippen LogP contribution in [-0.4, -0.2) is 42.0 Å². The van der Waals surface area contributed by atoms with Crippen molar-refractivity contribution in [3.63, 3.8) is 0 Å². The van der Waals surface area contributed by atoms with E-state index in [1.807, 2.05) is 0 Å². The molecule has 2 aliphatic rings. The molecule has 2 saturated carbocycles. The van der Waals surface area contributed by atoms with Crippen molar-refractivity contribution in [2.24, 2.45) is 11.8 Å². The van der Waals surface area contributed by atoms with Gasteiger partial charge in [0.05, 0.1) is 17.5 Å². The molecule has 4 atom stereocenters. The van der Waals surface area contributed by atoms with Gasteiger partial charge >= 0.3 is 0 Å². The summed E-state index contributed by atoms with van der Waals surface area (Å²) in [6.07, 6.45) is 1.32. The van der Waals surface area contributed by atoms with Gasteiger partial charge in [-0.05, 0) is 67.9 Å². The number of aliphatic hydroxyl groups is 2. The molecule has 0 aromatic heterocycles. The summed E-state index contributed by atoms with van der Waals surface area (Å²) in [6.45, 7) is -0.455. The average Bonchev–Trinajstić information content (AvgIpc) is 2.92. The molecule has 0 heterocycles. The molecule has 172 valence electrons. The van der Waals surface area contributed by atoms with Crippen molar-refractivity contribution in [1.29, 1.82) is 0 Å². The van der Waals surface area contributed by atoms with Crippen LogP contribution in [0.5, 0.6) is 0 Å².